The minimum absolute atomic E-state index is 0.192. The van der Waals surface area contributed by atoms with E-state index in [1.54, 1.807) is 0 Å². The van der Waals surface area contributed by atoms with Gasteiger partial charge in [-0.25, -0.2) is 4.98 Å². The van der Waals surface area contributed by atoms with Crippen molar-refractivity contribution in [2.75, 3.05) is 0 Å². The number of hydrogen-bond donors (Lipinski definition) is 2. The van der Waals surface area contributed by atoms with Crippen molar-refractivity contribution >= 4 is 21.9 Å². The third-order valence-electron chi connectivity index (χ3n) is 5.87. The summed E-state index contributed by atoms with van der Waals surface area (Å²) in [5.41, 5.74) is 7.75. The van der Waals surface area contributed by atoms with Crippen LogP contribution in [0.2, 0.25) is 0 Å². The Morgan fingerprint density at radius 3 is 2.00 bits per heavy atom. The molecule has 2 N–H and O–H groups in total. The number of benzene rings is 2. The molecule has 0 aliphatic carbocycles. The second-order valence-electron chi connectivity index (χ2n) is 10.6. The van der Waals surface area contributed by atoms with Gasteiger partial charge < -0.3 is 9.97 Å². The number of rotatable bonds is 3. The van der Waals surface area contributed by atoms with Gasteiger partial charge in [-0.2, -0.15) is 0 Å². The molecule has 0 atom stereocenters. The highest BCUT2D eigenvalue weighted by molar-refractivity contribution is 5.81. The van der Waals surface area contributed by atoms with Crippen LogP contribution in [0, 0.1) is 0 Å². The Labute approximate surface area is 187 Å². The first-order valence-corrected chi connectivity index (χ1v) is 11.6. The lowest BCUT2D eigenvalue weighted by Crippen LogP contribution is -2.10. The van der Waals surface area contributed by atoms with Crippen LogP contribution in [0.1, 0.15) is 103 Å². The molecule has 2 aromatic heterocycles. The Balaban J connectivity index is 0.000000176. The van der Waals surface area contributed by atoms with E-state index in [4.69, 9.17) is 0 Å². The second-order valence-corrected chi connectivity index (χ2v) is 10.6. The van der Waals surface area contributed by atoms with E-state index in [1.807, 2.05) is 0 Å². The van der Waals surface area contributed by atoms with Crippen molar-refractivity contribution in [1.29, 1.82) is 0 Å². The van der Waals surface area contributed by atoms with E-state index in [0.717, 1.165) is 16.9 Å². The molecule has 0 aliphatic rings. The summed E-state index contributed by atoms with van der Waals surface area (Å²) in [5.74, 6) is 2.69. The molecule has 0 saturated heterocycles. The lowest BCUT2D eigenvalue weighted by atomic mass is 9.87. The van der Waals surface area contributed by atoms with Crippen LogP contribution in [0.5, 0.6) is 0 Å². The summed E-state index contributed by atoms with van der Waals surface area (Å²) in [6.45, 7) is 19.9. The zero-order chi connectivity index (χ0) is 22.9. The van der Waals surface area contributed by atoms with Crippen LogP contribution < -0.4 is 0 Å². The molecule has 3 heteroatoms. The summed E-state index contributed by atoms with van der Waals surface area (Å²) in [7, 11) is 0. The number of imidazole rings is 1. The van der Waals surface area contributed by atoms with Crippen molar-refractivity contribution in [2.24, 2.45) is 0 Å². The van der Waals surface area contributed by atoms with Crippen LogP contribution in [-0.2, 0) is 5.41 Å². The number of aromatic amines is 2. The van der Waals surface area contributed by atoms with Gasteiger partial charge in [0.15, 0.2) is 0 Å². The molecule has 0 radical (unpaired) electrons. The Kier molecular flexibility index (Phi) is 6.64. The molecule has 166 valence electrons. The fourth-order valence-electron chi connectivity index (χ4n) is 3.61. The third kappa shape index (κ3) is 5.39. The number of nitrogens with zero attached hydrogens (tertiary/aromatic N) is 1. The van der Waals surface area contributed by atoms with Gasteiger partial charge in [-0.15, -0.1) is 0 Å². The maximum absolute atomic E-state index is 4.58. The summed E-state index contributed by atoms with van der Waals surface area (Å²) in [4.78, 5) is 11.5. The van der Waals surface area contributed by atoms with Crippen LogP contribution in [0.15, 0.2) is 42.5 Å². The lowest BCUT2D eigenvalue weighted by Gasteiger charge is -2.18. The number of fused-ring (bicyclic) bond motifs is 2. The standard InChI is InChI=1S/C14H20N2.C14H19N/c1-9(2)13-15-11-7-6-10(14(3,4)5)8-12(11)16-13;1-9(2)11-5-6-12-8-13(10(3)4)15-14(12)7-11/h6-9H,1-5H3,(H,15,16);5-10,15H,1-4H3. The molecule has 0 bridgehead atoms. The molecule has 0 unspecified atom stereocenters. The van der Waals surface area contributed by atoms with E-state index in [9.17, 15) is 0 Å². The van der Waals surface area contributed by atoms with Crippen molar-refractivity contribution in [3.63, 3.8) is 0 Å². The van der Waals surface area contributed by atoms with E-state index >= 15 is 0 Å². The number of H-pyrrole nitrogens is 2. The van der Waals surface area contributed by atoms with Gasteiger partial charge in [0.2, 0.25) is 0 Å². The van der Waals surface area contributed by atoms with Crippen molar-refractivity contribution < 1.29 is 0 Å². The summed E-state index contributed by atoms with van der Waals surface area (Å²) in [6, 6.07) is 15.5. The molecule has 2 heterocycles. The average Bonchev–Trinajstić information content (AvgIpc) is 3.30. The minimum atomic E-state index is 0.192. The molecule has 3 nitrogen and oxygen atoms in total. The third-order valence-corrected chi connectivity index (χ3v) is 5.87. The fourth-order valence-corrected chi connectivity index (χ4v) is 3.61. The first kappa shape index (κ1) is 23.1. The van der Waals surface area contributed by atoms with Crippen LogP contribution in [0.25, 0.3) is 21.9 Å². The molecule has 4 rings (SSSR count). The maximum Gasteiger partial charge on any atom is 0.109 e. The quantitative estimate of drug-likeness (QED) is 0.345. The minimum Gasteiger partial charge on any atom is -0.358 e. The van der Waals surface area contributed by atoms with Gasteiger partial charge in [-0.1, -0.05) is 80.5 Å². The van der Waals surface area contributed by atoms with Crippen LogP contribution >= 0.6 is 0 Å². The predicted octanol–water partition coefficient (Wildman–Crippen LogP) is 8.40. The smallest absolute Gasteiger partial charge is 0.109 e. The summed E-state index contributed by atoms with van der Waals surface area (Å²) >= 11 is 0. The monoisotopic (exact) mass is 417 g/mol. The van der Waals surface area contributed by atoms with Crippen molar-refractivity contribution in [2.45, 2.75) is 85.5 Å². The molecule has 0 spiro atoms. The van der Waals surface area contributed by atoms with Gasteiger partial charge in [0.1, 0.15) is 5.82 Å². The molecule has 0 amide bonds. The molecule has 4 aromatic rings. The lowest BCUT2D eigenvalue weighted by molar-refractivity contribution is 0.591. The number of nitrogens with one attached hydrogen (secondary N) is 2. The molecule has 0 aliphatic heterocycles. The normalized spacial score (nSPS) is 12.3. The largest absolute Gasteiger partial charge is 0.358 e. The highest BCUT2D eigenvalue weighted by atomic mass is 14.9. The Morgan fingerprint density at radius 2 is 1.42 bits per heavy atom. The van der Waals surface area contributed by atoms with E-state index in [-0.39, 0.29) is 5.41 Å². The zero-order valence-corrected chi connectivity index (χ0v) is 20.7. The molecule has 0 fully saturated rings. The van der Waals surface area contributed by atoms with Crippen LogP contribution in [-0.4, -0.2) is 15.0 Å². The predicted molar refractivity (Wildman–Crippen MR) is 135 cm³/mol. The maximum atomic E-state index is 4.58. The summed E-state index contributed by atoms with van der Waals surface area (Å²) < 4.78 is 0. The van der Waals surface area contributed by atoms with Gasteiger partial charge in [0.25, 0.3) is 0 Å². The topological polar surface area (TPSA) is 44.5 Å². The Bertz CT molecular complexity index is 1140. The second kappa shape index (κ2) is 8.90. The first-order chi connectivity index (χ1) is 14.5. The van der Waals surface area contributed by atoms with Gasteiger partial charge in [-0.05, 0) is 58.0 Å². The van der Waals surface area contributed by atoms with E-state index < -0.39 is 0 Å². The molecule has 31 heavy (non-hydrogen) atoms. The van der Waals surface area contributed by atoms with Gasteiger partial charge >= 0.3 is 0 Å². The Hall–Kier alpha value is -2.55. The van der Waals surface area contributed by atoms with Crippen molar-refractivity contribution in [3.05, 3.63) is 65.1 Å². The van der Waals surface area contributed by atoms with Gasteiger partial charge in [0.05, 0.1) is 11.0 Å². The highest BCUT2D eigenvalue weighted by Crippen LogP contribution is 2.26. The SMILES string of the molecule is CC(C)c1ccc2cc(C(C)C)[nH]c2c1.CC(C)c1nc2ccc(C(C)(C)C)cc2[nH]1. The number of hydrogen-bond acceptors (Lipinski definition) is 1. The van der Waals surface area contributed by atoms with E-state index in [1.165, 1.54) is 27.7 Å². The van der Waals surface area contributed by atoms with E-state index in [2.05, 4.69) is 120 Å². The molecular formula is C28H39N3. The first-order valence-electron chi connectivity index (χ1n) is 11.6. The Morgan fingerprint density at radius 1 is 0.710 bits per heavy atom. The van der Waals surface area contributed by atoms with E-state index in [0.29, 0.717) is 17.8 Å². The fraction of sp³-hybridized carbons (Fsp3) is 0.464. The van der Waals surface area contributed by atoms with Crippen LogP contribution in [0.4, 0.5) is 0 Å². The van der Waals surface area contributed by atoms with Crippen molar-refractivity contribution in [3.8, 4) is 0 Å². The molecule has 0 saturated carbocycles. The van der Waals surface area contributed by atoms with Crippen LogP contribution in [0.3, 0.4) is 0 Å². The summed E-state index contributed by atoms with van der Waals surface area (Å²) in [6.07, 6.45) is 0. The van der Waals surface area contributed by atoms with Gasteiger partial charge in [-0.3, -0.25) is 0 Å². The molecule has 2 aromatic carbocycles. The number of aromatic nitrogens is 3. The average molecular weight is 418 g/mol. The zero-order valence-electron chi connectivity index (χ0n) is 20.7. The summed E-state index contributed by atoms with van der Waals surface area (Å²) in [5, 5.41) is 1.32. The van der Waals surface area contributed by atoms with Crippen molar-refractivity contribution in [1.82, 2.24) is 15.0 Å². The van der Waals surface area contributed by atoms with Gasteiger partial charge in [0, 0.05) is 17.1 Å². The highest BCUT2D eigenvalue weighted by Gasteiger charge is 2.15. The molecular weight excluding hydrogens is 378 g/mol.